The molecule has 0 aliphatic carbocycles. The summed E-state index contributed by atoms with van der Waals surface area (Å²) in [4.78, 5) is 8.32. The fraction of sp³-hybridized carbons (Fsp3) is 0.400. The van der Waals surface area contributed by atoms with Gasteiger partial charge in [-0.1, -0.05) is 17.3 Å². The maximum atomic E-state index is 12.7. The summed E-state index contributed by atoms with van der Waals surface area (Å²) in [6.45, 7) is 4.59. The zero-order valence-electron chi connectivity index (χ0n) is 13.3. The number of nitrogens with one attached hydrogen (secondary N) is 2. The average Bonchev–Trinajstić information content (AvgIpc) is 2.95. The summed E-state index contributed by atoms with van der Waals surface area (Å²) in [7, 11) is 0. The number of aliphatic imine (C=N–C) groups is 1. The van der Waals surface area contributed by atoms with E-state index in [0.29, 0.717) is 29.8 Å². The second kappa shape index (κ2) is 7.80. The summed E-state index contributed by atoms with van der Waals surface area (Å²) in [5.41, 5.74) is -0.217. The molecule has 0 fully saturated rings. The van der Waals surface area contributed by atoms with E-state index in [2.05, 4.69) is 25.8 Å². The number of hydrogen-bond acceptors (Lipinski definition) is 4. The van der Waals surface area contributed by atoms with Gasteiger partial charge < -0.3 is 15.2 Å². The highest BCUT2D eigenvalue weighted by atomic mass is 19.4. The number of aryl methyl sites for hydroxylation is 1. The Morgan fingerprint density at radius 2 is 2.08 bits per heavy atom. The predicted molar refractivity (Wildman–Crippen MR) is 82.1 cm³/mol. The van der Waals surface area contributed by atoms with E-state index >= 15 is 0 Å². The minimum absolute atomic E-state index is 0.113. The first kappa shape index (κ1) is 17.8. The van der Waals surface area contributed by atoms with Gasteiger partial charge in [-0.15, -0.1) is 0 Å². The zero-order valence-corrected chi connectivity index (χ0v) is 13.3. The second-order valence-corrected chi connectivity index (χ2v) is 4.98. The van der Waals surface area contributed by atoms with Crippen molar-refractivity contribution in [3.63, 3.8) is 0 Å². The topological polar surface area (TPSA) is 75.3 Å². The van der Waals surface area contributed by atoms with Crippen LogP contribution in [0.2, 0.25) is 0 Å². The molecule has 6 nitrogen and oxygen atoms in total. The number of guanidine groups is 1. The summed E-state index contributed by atoms with van der Waals surface area (Å²) in [5.74, 6) is 1.38. The van der Waals surface area contributed by atoms with Gasteiger partial charge in [0.2, 0.25) is 5.89 Å². The van der Waals surface area contributed by atoms with Crippen LogP contribution in [0.3, 0.4) is 0 Å². The first-order valence-electron chi connectivity index (χ1n) is 7.36. The van der Waals surface area contributed by atoms with Crippen molar-refractivity contribution in [2.24, 2.45) is 4.99 Å². The van der Waals surface area contributed by atoms with Crippen molar-refractivity contribution in [1.29, 1.82) is 0 Å². The van der Waals surface area contributed by atoms with E-state index in [1.807, 2.05) is 6.92 Å². The summed E-state index contributed by atoms with van der Waals surface area (Å²) in [5, 5.41) is 9.66. The first-order valence-corrected chi connectivity index (χ1v) is 7.36. The Balaban J connectivity index is 2.02. The van der Waals surface area contributed by atoms with Gasteiger partial charge >= 0.3 is 6.18 Å². The van der Waals surface area contributed by atoms with E-state index in [0.717, 1.165) is 12.1 Å². The number of rotatable bonds is 5. The highest BCUT2D eigenvalue weighted by Crippen LogP contribution is 2.29. The van der Waals surface area contributed by atoms with Crippen molar-refractivity contribution in [2.45, 2.75) is 33.1 Å². The number of hydrogen-bond donors (Lipinski definition) is 2. The molecular weight excluding hydrogens is 323 g/mol. The molecule has 1 aromatic carbocycles. The van der Waals surface area contributed by atoms with Gasteiger partial charge in [0.25, 0.3) is 0 Å². The summed E-state index contributed by atoms with van der Waals surface area (Å²) < 4.78 is 43.1. The molecule has 1 heterocycles. The number of aromatic nitrogens is 2. The van der Waals surface area contributed by atoms with Crippen LogP contribution < -0.4 is 10.6 Å². The van der Waals surface area contributed by atoms with Gasteiger partial charge in [0.1, 0.15) is 0 Å². The van der Waals surface area contributed by atoms with Crippen LogP contribution in [0.25, 0.3) is 0 Å². The van der Waals surface area contributed by atoms with Crippen LogP contribution in [-0.2, 0) is 19.3 Å². The predicted octanol–water partition coefficient (Wildman–Crippen LogP) is 2.65. The van der Waals surface area contributed by atoms with E-state index in [-0.39, 0.29) is 13.1 Å². The molecule has 0 unspecified atom stereocenters. The molecule has 2 aromatic rings. The molecule has 24 heavy (non-hydrogen) atoms. The molecule has 0 saturated heterocycles. The van der Waals surface area contributed by atoms with Crippen LogP contribution in [0, 0.1) is 6.92 Å². The number of halogens is 3. The average molecular weight is 341 g/mol. The fourth-order valence-electron chi connectivity index (χ4n) is 1.93. The maximum Gasteiger partial charge on any atom is 0.416 e. The van der Waals surface area contributed by atoms with E-state index in [4.69, 9.17) is 4.52 Å². The smallest absolute Gasteiger partial charge is 0.357 e. The third-order valence-corrected chi connectivity index (χ3v) is 2.99. The van der Waals surface area contributed by atoms with Crippen molar-refractivity contribution in [3.8, 4) is 0 Å². The molecule has 0 atom stereocenters. The van der Waals surface area contributed by atoms with Crippen molar-refractivity contribution >= 4 is 5.96 Å². The molecule has 0 aliphatic rings. The monoisotopic (exact) mass is 341 g/mol. The van der Waals surface area contributed by atoms with Gasteiger partial charge in [-0.25, -0.2) is 4.99 Å². The minimum atomic E-state index is -4.36. The fourth-order valence-corrected chi connectivity index (χ4v) is 1.93. The van der Waals surface area contributed by atoms with Crippen molar-refractivity contribution in [2.75, 3.05) is 6.54 Å². The van der Waals surface area contributed by atoms with Crippen LogP contribution in [0.15, 0.2) is 33.8 Å². The largest absolute Gasteiger partial charge is 0.416 e. The Labute approximate surface area is 137 Å². The van der Waals surface area contributed by atoms with E-state index in [9.17, 15) is 13.2 Å². The Kier molecular flexibility index (Phi) is 5.78. The van der Waals surface area contributed by atoms with Gasteiger partial charge in [-0.3, -0.25) is 0 Å². The molecule has 2 N–H and O–H groups in total. The van der Waals surface area contributed by atoms with Gasteiger partial charge in [-0.2, -0.15) is 18.2 Å². The lowest BCUT2D eigenvalue weighted by molar-refractivity contribution is -0.137. The molecule has 0 amide bonds. The molecule has 0 saturated carbocycles. The quantitative estimate of drug-likeness (QED) is 0.646. The molecule has 9 heteroatoms. The third kappa shape index (κ3) is 5.25. The lowest BCUT2D eigenvalue weighted by Crippen LogP contribution is -2.36. The molecule has 1 aromatic heterocycles. The first-order chi connectivity index (χ1) is 11.4. The highest BCUT2D eigenvalue weighted by molar-refractivity contribution is 5.79. The van der Waals surface area contributed by atoms with Gasteiger partial charge in [0, 0.05) is 6.54 Å². The van der Waals surface area contributed by atoms with Crippen molar-refractivity contribution in [1.82, 2.24) is 20.8 Å². The normalized spacial score (nSPS) is 12.3. The SMILES string of the molecule is CCNC(=NCc1cccc(C(F)(F)F)c1)NCc1nc(C)no1. The lowest BCUT2D eigenvalue weighted by Gasteiger charge is -2.10. The van der Waals surface area contributed by atoms with Gasteiger partial charge in [0.15, 0.2) is 11.8 Å². The Hall–Kier alpha value is -2.58. The molecule has 130 valence electrons. The van der Waals surface area contributed by atoms with E-state index < -0.39 is 11.7 Å². The molecule has 2 rings (SSSR count). The maximum absolute atomic E-state index is 12.7. The van der Waals surface area contributed by atoms with Gasteiger partial charge in [-0.05, 0) is 31.5 Å². The van der Waals surface area contributed by atoms with Gasteiger partial charge in [0.05, 0.1) is 18.7 Å². The molecule has 0 bridgehead atoms. The zero-order chi connectivity index (χ0) is 17.6. The van der Waals surface area contributed by atoms with E-state index in [1.54, 1.807) is 13.0 Å². The summed E-state index contributed by atoms with van der Waals surface area (Å²) >= 11 is 0. The third-order valence-electron chi connectivity index (χ3n) is 2.99. The second-order valence-electron chi connectivity index (χ2n) is 4.98. The standard InChI is InChI=1S/C15H18F3N5O/c1-3-19-14(21-9-13-22-10(2)23-24-13)20-8-11-5-4-6-12(7-11)15(16,17)18/h4-7H,3,8-9H2,1-2H3,(H2,19,20,21). The van der Waals surface area contributed by atoms with Crippen LogP contribution >= 0.6 is 0 Å². The lowest BCUT2D eigenvalue weighted by atomic mass is 10.1. The van der Waals surface area contributed by atoms with Crippen LogP contribution in [0.4, 0.5) is 13.2 Å². The van der Waals surface area contributed by atoms with E-state index in [1.165, 1.54) is 6.07 Å². The summed E-state index contributed by atoms with van der Waals surface area (Å²) in [6, 6.07) is 5.10. The number of alkyl halides is 3. The van der Waals surface area contributed by atoms with Crippen LogP contribution in [0.1, 0.15) is 29.8 Å². The molecular formula is C15H18F3N5O. The molecule has 0 radical (unpaired) electrons. The Morgan fingerprint density at radius 1 is 1.29 bits per heavy atom. The number of benzene rings is 1. The minimum Gasteiger partial charge on any atom is -0.357 e. The van der Waals surface area contributed by atoms with Crippen molar-refractivity contribution in [3.05, 3.63) is 47.1 Å². The molecule has 0 aliphatic heterocycles. The van der Waals surface area contributed by atoms with Crippen molar-refractivity contribution < 1.29 is 17.7 Å². The van der Waals surface area contributed by atoms with Crippen LogP contribution in [0.5, 0.6) is 0 Å². The Morgan fingerprint density at radius 3 is 2.71 bits per heavy atom. The molecule has 0 spiro atoms. The Bertz CT molecular complexity index is 696. The highest BCUT2D eigenvalue weighted by Gasteiger charge is 2.30. The number of nitrogens with zero attached hydrogens (tertiary/aromatic N) is 3. The van der Waals surface area contributed by atoms with Crippen LogP contribution in [-0.4, -0.2) is 22.6 Å². The summed E-state index contributed by atoms with van der Waals surface area (Å²) in [6.07, 6.45) is -4.36.